The van der Waals surface area contributed by atoms with Crippen molar-refractivity contribution in [3.63, 3.8) is 0 Å². The number of hydrogen-bond acceptors (Lipinski definition) is 6. The standard InChI is InChI=1S/C20H15F4NO5S/c1-12(26)18-17(30-31(27,28)15-5-3-2-4-6-15)10-13-9-14(7-8-16(13)25-18)29-11-20(23,24)19(21)22/h2-10,19H,11H2,1H3. The second kappa shape index (κ2) is 8.50. The molecule has 0 atom stereocenters. The average Bonchev–Trinajstić information content (AvgIpc) is 2.71. The van der Waals surface area contributed by atoms with Gasteiger partial charge in [0.2, 0.25) is 0 Å². The highest BCUT2D eigenvalue weighted by Crippen LogP contribution is 2.30. The minimum Gasteiger partial charge on any atom is -0.487 e. The van der Waals surface area contributed by atoms with Crippen LogP contribution < -0.4 is 8.92 Å². The molecule has 0 aliphatic rings. The molecule has 3 aromatic rings. The van der Waals surface area contributed by atoms with Crippen LogP contribution in [0.25, 0.3) is 10.9 Å². The molecule has 0 aliphatic heterocycles. The first-order chi connectivity index (χ1) is 14.5. The Kier molecular flexibility index (Phi) is 6.16. The fourth-order valence-electron chi connectivity index (χ4n) is 2.54. The van der Waals surface area contributed by atoms with Crippen LogP contribution in [-0.2, 0) is 10.1 Å². The molecule has 0 radical (unpaired) electrons. The number of fused-ring (bicyclic) bond motifs is 1. The van der Waals surface area contributed by atoms with Crippen molar-refractivity contribution in [2.24, 2.45) is 0 Å². The van der Waals surface area contributed by atoms with Crippen LogP contribution in [0.4, 0.5) is 17.6 Å². The van der Waals surface area contributed by atoms with E-state index in [9.17, 15) is 30.8 Å². The molecular formula is C20H15F4NO5S. The molecule has 0 amide bonds. The fraction of sp³-hybridized carbons (Fsp3) is 0.200. The second-order valence-corrected chi connectivity index (χ2v) is 7.99. The van der Waals surface area contributed by atoms with Crippen molar-refractivity contribution in [3.05, 3.63) is 60.3 Å². The van der Waals surface area contributed by atoms with E-state index < -0.39 is 34.9 Å². The molecular weight excluding hydrogens is 442 g/mol. The first kappa shape index (κ1) is 22.5. The summed E-state index contributed by atoms with van der Waals surface area (Å²) < 4.78 is 85.6. The Hall–Kier alpha value is -3.21. The summed E-state index contributed by atoms with van der Waals surface area (Å²) in [6.45, 7) is -0.388. The molecule has 0 N–H and O–H groups in total. The highest BCUT2D eigenvalue weighted by molar-refractivity contribution is 7.87. The SMILES string of the molecule is CC(=O)c1nc2ccc(OCC(F)(F)C(F)F)cc2cc1OS(=O)(=O)c1ccccc1. The number of alkyl halides is 4. The van der Waals surface area contributed by atoms with Crippen LogP contribution in [0.15, 0.2) is 59.5 Å². The summed E-state index contributed by atoms with van der Waals surface area (Å²) in [4.78, 5) is 15.9. The molecule has 0 saturated heterocycles. The van der Waals surface area contributed by atoms with E-state index in [1.54, 1.807) is 6.07 Å². The van der Waals surface area contributed by atoms with Crippen molar-refractivity contribution >= 4 is 26.8 Å². The fourth-order valence-corrected chi connectivity index (χ4v) is 3.49. The Bertz CT molecular complexity index is 1220. The molecule has 0 unspecified atom stereocenters. The number of pyridine rings is 1. The van der Waals surface area contributed by atoms with Gasteiger partial charge in [-0.25, -0.2) is 13.8 Å². The minimum absolute atomic E-state index is 0.157. The molecule has 0 bridgehead atoms. The Balaban J connectivity index is 1.98. The number of carbonyl (C=O) groups is 1. The topological polar surface area (TPSA) is 82.6 Å². The number of benzene rings is 2. The van der Waals surface area contributed by atoms with Gasteiger partial charge in [0.15, 0.2) is 23.8 Å². The van der Waals surface area contributed by atoms with Gasteiger partial charge in [0.05, 0.1) is 5.52 Å². The molecule has 1 heterocycles. The molecule has 0 fully saturated rings. The molecule has 164 valence electrons. The molecule has 11 heteroatoms. The van der Waals surface area contributed by atoms with E-state index in [1.807, 2.05) is 0 Å². The first-order valence-electron chi connectivity index (χ1n) is 8.74. The second-order valence-electron chi connectivity index (χ2n) is 6.45. The van der Waals surface area contributed by atoms with Crippen molar-refractivity contribution < 1.29 is 39.7 Å². The lowest BCUT2D eigenvalue weighted by atomic mass is 10.1. The van der Waals surface area contributed by atoms with Crippen LogP contribution in [0.2, 0.25) is 0 Å². The van der Waals surface area contributed by atoms with E-state index in [1.165, 1.54) is 55.5 Å². The first-order valence-corrected chi connectivity index (χ1v) is 10.1. The molecule has 1 aromatic heterocycles. The largest absolute Gasteiger partial charge is 0.487 e. The van der Waals surface area contributed by atoms with E-state index in [4.69, 9.17) is 8.92 Å². The van der Waals surface area contributed by atoms with E-state index in [-0.39, 0.29) is 33.0 Å². The van der Waals surface area contributed by atoms with E-state index in [0.29, 0.717) is 0 Å². The highest BCUT2D eigenvalue weighted by atomic mass is 32.2. The predicted octanol–water partition coefficient (Wildman–Crippen LogP) is 4.48. The Morgan fingerprint density at radius 3 is 2.39 bits per heavy atom. The van der Waals surface area contributed by atoms with Gasteiger partial charge in [0, 0.05) is 12.3 Å². The van der Waals surface area contributed by atoms with Crippen LogP contribution in [0.3, 0.4) is 0 Å². The van der Waals surface area contributed by atoms with Gasteiger partial charge in [-0.15, -0.1) is 0 Å². The Morgan fingerprint density at radius 1 is 1.10 bits per heavy atom. The predicted molar refractivity (Wildman–Crippen MR) is 102 cm³/mol. The Labute approximate surface area is 174 Å². The normalized spacial score (nSPS) is 12.2. The van der Waals surface area contributed by atoms with Gasteiger partial charge in [-0.05, 0) is 36.4 Å². The van der Waals surface area contributed by atoms with E-state index >= 15 is 0 Å². The number of Topliss-reactive ketones (excluding diaryl/α,β-unsaturated/α-hetero) is 1. The van der Waals surface area contributed by atoms with Crippen molar-refractivity contribution in [2.75, 3.05) is 6.61 Å². The number of hydrogen-bond donors (Lipinski definition) is 0. The van der Waals surface area contributed by atoms with Crippen LogP contribution in [-0.4, -0.2) is 38.1 Å². The van der Waals surface area contributed by atoms with Gasteiger partial charge in [0.25, 0.3) is 0 Å². The monoisotopic (exact) mass is 457 g/mol. The molecule has 3 rings (SSSR count). The van der Waals surface area contributed by atoms with E-state index in [0.717, 1.165) is 0 Å². The average molecular weight is 457 g/mol. The number of rotatable bonds is 8. The summed E-state index contributed by atoms with van der Waals surface area (Å²) in [7, 11) is -4.29. The maximum absolute atomic E-state index is 13.1. The van der Waals surface area contributed by atoms with Crippen molar-refractivity contribution in [1.29, 1.82) is 0 Å². The number of nitrogens with zero attached hydrogens (tertiary/aromatic N) is 1. The van der Waals surface area contributed by atoms with Crippen LogP contribution in [0.5, 0.6) is 11.5 Å². The van der Waals surface area contributed by atoms with Gasteiger partial charge >= 0.3 is 22.5 Å². The van der Waals surface area contributed by atoms with Crippen molar-refractivity contribution in [3.8, 4) is 11.5 Å². The summed E-state index contributed by atoms with van der Waals surface area (Å²) in [5.41, 5.74) is -0.0486. The molecule has 0 saturated carbocycles. The van der Waals surface area contributed by atoms with Crippen LogP contribution in [0, 0.1) is 0 Å². The van der Waals surface area contributed by atoms with Gasteiger partial charge in [-0.3, -0.25) is 4.79 Å². The Morgan fingerprint density at radius 2 is 1.77 bits per heavy atom. The number of ketones is 1. The third-order valence-corrected chi connectivity index (χ3v) is 5.32. The molecule has 0 aliphatic carbocycles. The van der Waals surface area contributed by atoms with E-state index in [2.05, 4.69) is 4.98 Å². The molecule has 6 nitrogen and oxygen atoms in total. The van der Waals surface area contributed by atoms with Crippen LogP contribution in [0.1, 0.15) is 17.4 Å². The van der Waals surface area contributed by atoms with Gasteiger partial charge in [-0.1, -0.05) is 18.2 Å². The number of halogens is 4. The molecule has 2 aromatic carbocycles. The smallest absolute Gasteiger partial charge is 0.340 e. The minimum atomic E-state index is -4.34. The summed E-state index contributed by atoms with van der Waals surface area (Å²) in [6.07, 6.45) is -3.89. The third-order valence-electron chi connectivity index (χ3n) is 4.07. The zero-order valence-electron chi connectivity index (χ0n) is 15.9. The van der Waals surface area contributed by atoms with Gasteiger partial charge in [0.1, 0.15) is 10.6 Å². The van der Waals surface area contributed by atoms with Crippen LogP contribution >= 0.6 is 0 Å². The third kappa shape index (κ3) is 5.10. The van der Waals surface area contributed by atoms with Gasteiger partial charge < -0.3 is 8.92 Å². The zero-order chi connectivity index (χ0) is 22.8. The van der Waals surface area contributed by atoms with Crippen molar-refractivity contribution in [1.82, 2.24) is 4.98 Å². The highest BCUT2D eigenvalue weighted by Gasteiger charge is 2.41. The number of aromatic nitrogens is 1. The summed E-state index contributed by atoms with van der Waals surface area (Å²) in [5, 5.41) is 0.182. The maximum atomic E-state index is 13.1. The lowest BCUT2D eigenvalue weighted by molar-refractivity contribution is -0.148. The summed E-state index contributed by atoms with van der Waals surface area (Å²) in [5.74, 6) is -5.47. The maximum Gasteiger partial charge on any atom is 0.340 e. The summed E-state index contributed by atoms with van der Waals surface area (Å²) in [6, 6.07) is 12.1. The van der Waals surface area contributed by atoms with Gasteiger partial charge in [-0.2, -0.15) is 17.2 Å². The van der Waals surface area contributed by atoms with Crippen molar-refractivity contribution in [2.45, 2.75) is 24.2 Å². The molecule has 31 heavy (non-hydrogen) atoms. The summed E-state index contributed by atoms with van der Waals surface area (Å²) >= 11 is 0. The lowest BCUT2D eigenvalue weighted by Gasteiger charge is -2.16. The zero-order valence-corrected chi connectivity index (χ0v) is 16.7. The number of ether oxygens (including phenoxy) is 1. The molecule has 0 spiro atoms. The lowest BCUT2D eigenvalue weighted by Crippen LogP contribution is -2.33. The quantitative estimate of drug-likeness (QED) is 0.282. The number of carbonyl (C=O) groups excluding carboxylic acids is 1.